The highest BCUT2D eigenvalue weighted by molar-refractivity contribution is 6.05. The van der Waals surface area contributed by atoms with E-state index in [9.17, 15) is 9.59 Å². The molecule has 1 aromatic heterocycles. The molecule has 5 nitrogen and oxygen atoms in total. The van der Waals surface area contributed by atoms with E-state index in [4.69, 9.17) is 9.47 Å². The molecule has 0 aliphatic heterocycles. The van der Waals surface area contributed by atoms with Gasteiger partial charge in [-0.05, 0) is 12.5 Å². The van der Waals surface area contributed by atoms with Crippen molar-refractivity contribution in [1.29, 1.82) is 0 Å². The van der Waals surface area contributed by atoms with Crippen molar-refractivity contribution in [3.63, 3.8) is 0 Å². The summed E-state index contributed by atoms with van der Waals surface area (Å²) in [4.78, 5) is 26.4. The van der Waals surface area contributed by atoms with Gasteiger partial charge in [-0.1, -0.05) is 29.8 Å². The van der Waals surface area contributed by atoms with Gasteiger partial charge in [0.1, 0.15) is 5.69 Å². The van der Waals surface area contributed by atoms with Crippen LogP contribution in [0.3, 0.4) is 0 Å². The van der Waals surface area contributed by atoms with E-state index in [0.717, 1.165) is 11.1 Å². The molecule has 5 heteroatoms. The number of aromatic nitrogens is 1. The predicted octanol–water partition coefficient (Wildman–Crippen LogP) is 2.56. The lowest BCUT2D eigenvalue weighted by atomic mass is 10.0. The van der Waals surface area contributed by atoms with E-state index in [1.54, 1.807) is 0 Å². The zero-order chi connectivity index (χ0) is 14.7. The van der Waals surface area contributed by atoms with Crippen LogP contribution in [0.2, 0.25) is 0 Å². The summed E-state index contributed by atoms with van der Waals surface area (Å²) >= 11 is 0. The van der Waals surface area contributed by atoms with Crippen molar-refractivity contribution >= 4 is 11.9 Å². The molecule has 0 radical (unpaired) electrons. The van der Waals surface area contributed by atoms with Crippen LogP contribution in [0.25, 0.3) is 11.1 Å². The number of aryl methyl sites for hydroxylation is 1. The first-order valence-corrected chi connectivity index (χ1v) is 6.03. The standard InChI is InChI=1S/C15H15NO4/c1-9-4-6-10(7-5-9)12-11(14(17)19-2)8-16-13(12)15(18)20-3/h4-8,16H,1-3H3. The molecule has 0 atom stereocenters. The van der Waals surface area contributed by atoms with Crippen LogP contribution < -0.4 is 0 Å². The second-order valence-corrected chi connectivity index (χ2v) is 4.30. The molecule has 0 spiro atoms. The second-order valence-electron chi connectivity index (χ2n) is 4.30. The molecular formula is C15H15NO4. The molecule has 0 saturated carbocycles. The van der Waals surface area contributed by atoms with E-state index in [1.165, 1.54) is 20.4 Å². The van der Waals surface area contributed by atoms with E-state index >= 15 is 0 Å². The van der Waals surface area contributed by atoms with E-state index in [2.05, 4.69) is 4.98 Å². The van der Waals surface area contributed by atoms with Crippen molar-refractivity contribution in [2.75, 3.05) is 14.2 Å². The van der Waals surface area contributed by atoms with Crippen LogP contribution in [-0.4, -0.2) is 31.1 Å². The van der Waals surface area contributed by atoms with Crippen molar-refractivity contribution < 1.29 is 19.1 Å². The van der Waals surface area contributed by atoms with E-state index in [0.29, 0.717) is 11.1 Å². The molecule has 1 N–H and O–H groups in total. The number of methoxy groups -OCH3 is 2. The van der Waals surface area contributed by atoms with Gasteiger partial charge in [0.25, 0.3) is 0 Å². The molecular weight excluding hydrogens is 258 g/mol. The van der Waals surface area contributed by atoms with Gasteiger partial charge in [0.15, 0.2) is 0 Å². The van der Waals surface area contributed by atoms with Crippen LogP contribution in [0.1, 0.15) is 26.4 Å². The third-order valence-electron chi connectivity index (χ3n) is 3.02. The highest BCUT2D eigenvalue weighted by atomic mass is 16.5. The molecule has 0 bridgehead atoms. The van der Waals surface area contributed by atoms with Crippen LogP contribution in [0.15, 0.2) is 30.5 Å². The Balaban J connectivity index is 2.63. The summed E-state index contributed by atoms with van der Waals surface area (Å²) in [5, 5.41) is 0. The predicted molar refractivity (Wildman–Crippen MR) is 73.6 cm³/mol. The number of hydrogen-bond acceptors (Lipinski definition) is 4. The van der Waals surface area contributed by atoms with Gasteiger partial charge in [-0.2, -0.15) is 0 Å². The summed E-state index contributed by atoms with van der Waals surface area (Å²) in [7, 11) is 2.59. The maximum absolute atomic E-state index is 11.8. The lowest BCUT2D eigenvalue weighted by Crippen LogP contribution is -2.06. The highest BCUT2D eigenvalue weighted by Gasteiger charge is 2.23. The number of esters is 2. The monoisotopic (exact) mass is 273 g/mol. The minimum absolute atomic E-state index is 0.233. The summed E-state index contributed by atoms with van der Waals surface area (Å²) in [5.74, 6) is -1.04. The fourth-order valence-corrected chi connectivity index (χ4v) is 1.98. The van der Waals surface area contributed by atoms with Gasteiger partial charge in [0, 0.05) is 11.8 Å². The summed E-state index contributed by atoms with van der Waals surface area (Å²) in [5.41, 5.74) is 2.86. The average Bonchev–Trinajstić information content (AvgIpc) is 2.91. The fraction of sp³-hybridized carbons (Fsp3) is 0.200. The number of rotatable bonds is 3. The first kappa shape index (κ1) is 13.9. The quantitative estimate of drug-likeness (QED) is 0.873. The minimum atomic E-state index is -0.532. The van der Waals surface area contributed by atoms with E-state index in [-0.39, 0.29) is 5.69 Å². The Morgan fingerprint density at radius 1 is 1.00 bits per heavy atom. The van der Waals surface area contributed by atoms with Gasteiger partial charge in [-0.3, -0.25) is 0 Å². The second kappa shape index (κ2) is 5.61. The molecule has 0 unspecified atom stereocenters. The number of ether oxygens (including phenoxy) is 2. The third kappa shape index (κ3) is 2.42. The number of benzene rings is 1. The number of aromatic amines is 1. The Morgan fingerprint density at radius 3 is 2.15 bits per heavy atom. The SMILES string of the molecule is COC(=O)c1c[nH]c(C(=O)OC)c1-c1ccc(C)cc1. The van der Waals surface area contributed by atoms with Gasteiger partial charge >= 0.3 is 11.9 Å². The lowest BCUT2D eigenvalue weighted by molar-refractivity contribution is 0.0594. The van der Waals surface area contributed by atoms with Crippen LogP contribution in [-0.2, 0) is 9.47 Å². The highest BCUT2D eigenvalue weighted by Crippen LogP contribution is 2.29. The number of carbonyl (C=O) groups excluding carboxylic acids is 2. The maximum atomic E-state index is 11.8. The summed E-state index contributed by atoms with van der Waals surface area (Å²) in [6.45, 7) is 1.96. The van der Waals surface area contributed by atoms with E-state index < -0.39 is 11.9 Å². The first-order chi connectivity index (χ1) is 9.58. The van der Waals surface area contributed by atoms with Crippen molar-refractivity contribution in [3.8, 4) is 11.1 Å². The summed E-state index contributed by atoms with van der Waals surface area (Å²) < 4.78 is 9.46. The normalized spacial score (nSPS) is 10.2. The van der Waals surface area contributed by atoms with Crippen molar-refractivity contribution in [2.45, 2.75) is 6.92 Å². The number of hydrogen-bond donors (Lipinski definition) is 1. The molecule has 20 heavy (non-hydrogen) atoms. The molecule has 2 rings (SSSR count). The Morgan fingerprint density at radius 2 is 1.60 bits per heavy atom. The number of H-pyrrole nitrogens is 1. The maximum Gasteiger partial charge on any atom is 0.355 e. The number of nitrogens with one attached hydrogen (secondary N) is 1. The smallest absolute Gasteiger partial charge is 0.355 e. The molecule has 0 aliphatic rings. The Hall–Kier alpha value is -2.56. The topological polar surface area (TPSA) is 68.4 Å². The van der Waals surface area contributed by atoms with Crippen molar-refractivity contribution in [3.05, 3.63) is 47.3 Å². The zero-order valence-electron chi connectivity index (χ0n) is 11.5. The van der Waals surface area contributed by atoms with Crippen LogP contribution >= 0.6 is 0 Å². The van der Waals surface area contributed by atoms with Crippen LogP contribution in [0, 0.1) is 6.92 Å². The van der Waals surface area contributed by atoms with Gasteiger partial charge in [0.05, 0.1) is 19.8 Å². The molecule has 0 aliphatic carbocycles. The lowest BCUT2D eigenvalue weighted by Gasteiger charge is -2.06. The molecule has 2 aromatic rings. The number of carbonyl (C=O) groups is 2. The third-order valence-corrected chi connectivity index (χ3v) is 3.02. The van der Waals surface area contributed by atoms with Crippen molar-refractivity contribution in [2.24, 2.45) is 0 Å². The van der Waals surface area contributed by atoms with Crippen LogP contribution in [0.4, 0.5) is 0 Å². The van der Waals surface area contributed by atoms with Gasteiger partial charge < -0.3 is 14.5 Å². The molecule has 104 valence electrons. The zero-order valence-corrected chi connectivity index (χ0v) is 11.5. The molecule has 0 saturated heterocycles. The first-order valence-electron chi connectivity index (χ1n) is 6.03. The molecule has 1 heterocycles. The van der Waals surface area contributed by atoms with E-state index in [1.807, 2.05) is 31.2 Å². The Bertz CT molecular complexity index is 607. The van der Waals surface area contributed by atoms with Gasteiger partial charge in [-0.15, -0.1) is 0 Å². The summed E-state index contributed by atoms with van der Waals surface area (Å²) in [6, 6.07) is 7.50. The average molecular weight is 273 g/mol. The molecule has 1 aromatic carbocycles. The van der Waals surface area contributed by atoms with Gasteiger partial charge in [0.2, 0.25) is 0 Å². The molecule has 0 amide bonds. The summed E-state index contributed by atoms with van der Waals surface area (Å²) in [6.07, 6.45) is 1.45. The minimum Gasteiger partial charge on any atom is -0.465 e. The largest absolute Gasteiger partial charge is 0.465 e. The Kier molecular flexibility index (Phi) is 3.89. The Labute approximate surface area is 116 Å². The molecule has 0 fully saturated rings. The van der Waals surface area contributed by atoms with Crippen LogP contribution in [0.5, 0.6) is 0 Å². The fourth-order valence-electron chi connectivity index (χ4n) is 1.98. The van der Waals surface area contributed by atoms with Gasteiger partial charge in [-0.25, -0.2) is 9.59 Å². The van der Waals surface area contributed by atoms with Crippen molar-refractivity contribution in [1.82, 2.24) is 4.98 Å².